The van der Waals surface area contributed by atoms with Crippen LogP contribution in [0.25, 0.3) is 0 Å². The van der Waals surface area contributed by atoms with Crippen molar-refractivity contribution in [2.45, 2.75) is 38.2 Å². The highest BCUT2D eigenvalue weighted by Crippen LogP contribution is 2.45. The highest BCUT2D eigenvalue weighted by Gasteiger charge is 2.41. The number of hydrogen-bond donors (Lipinski definition) is 1. The molecule has 1 atom stereocenters. The molecule has 6 heteroatoms. The average Bonchev–Trinajstić information content (AvgIpc) is 3.11. The van der Waals surface area contributed by atoms with E-state index in [0.717, 1.165) is 38.7 Å². The standard InChI is InChI=1S/C16H30N4O.HI/c1-17-15(18-11-14-12-19(2)9-10-21-14)20-8-7-16(13-20)5-3-4-6-16;/h14H,3-13H2,1-2H3,(H,17,18);1H. The van der Waals surface area contributed by atoms with Crippen LogP contribution in [0.1, 0.15) is 32.1 Å². The van der Waals surface area contributed by atoms with Crippen molar-refractivity contribution in [3.8, 4) is 0 Å². The van der Waals surface area contributed by atoms with E-state index in [9.17, 15) is 0 Å². The fourth-order valence-corrected chi connectivity index (χ4v) is 4.18. The van der Waals surface area contributed by atoms with Crippen molar-refractivity contribution >= 4 is 29.9 Å². The van der Waals surface area contributed by atoms with Gasteiger partial charge in [0.1, 0.15) is 0 Å². The van der Waals surface area contributed by atoms with Crippen LogP contribution >= 0.6 is 24.0 Å². The number of nitrogens with one attached hydrogen (secondary N) is 1. The third-order valence-corrected chi connectivity index (χ3v) is 5.44. The summed E-state index contributed by atoms with van der Waals surface area (Å²) in [5, 5.41) is 3.53. The maximum atomic E-state index is 5.82. The van der Waals surface area contributed by atoms with E-state index >= 15 is 0 Å². The maximum Gasteiger partial charge on any atom is 0.193 e. The highest BCUT2D eigenvalue weighted by molar-refractivity contribution is 14.0. The SMILES string of the molecule is CN=C(NCC1CN(C)CCO1)N1CCC2(CCCC2)C1.I. The molecule has 128 valence electrons. The van der Waals surface area contributed by atoms with E-state index in [1.807, 2.05) is 7.05 Å². The first-order valence-electron chi connectivity index (χ1n) is 8.47. The van der Waals surface area contributed by atoms with Gasteiger partial charge >= 0.3 is 0 Å². The van der Waals surface area contributed by atoms with Crippen LogP contribution in [0.3, 0.4) is 0 Å². The quantitative estimate of drug-likeness (QED) is 0.419. The van der Waals surface area contributed by atoms with E-state index in [1.165, 1.54) is 38.6 Å². The highest BCUT2D eigenvalue weighted by atomic mass is 127. The lowest BCUT2D eigenvalue weighted by Crippen LogP contribution is -2.49. The van der Waals surface area contributed by atoms with Crippen molar-refractivity contribution in [2.24, 2.45) is 10.4 Å². The molecule has 22 heavy (non-hydrogen) atoms. The molecule has 5 nitrogen and oxygen atoms in total. The fraction of sp³-hybridized carbons (Fsp3) is 0.938. The predicted octanol–water partition coefficient (Wildman–Crippen LogP) is 1.78. The summed E-state index contributed by atoms with van der Waals surface area (Å²) in [6.07, 6.45) is 7.29. The molecule has 1 spiro atoms. The molecule has 0 aromatic heterocycles. The van der Waals surface area contributed by atoms with Crippen molar-refractivity contribution in [2.75, 3.05) is 53.4 Å². The zero-order valence-electron chi connectivity index (χ0n) is 14.0. The number of hydrogen-bond acceptors (Lipinski definition) is 3. The molecule has 0 aromatic rings. The van der Waals surface area contributed by atoms with Gasteiger partial charge in [-0.05, 0) is 31.7 Å². The number of guanidine groups is 1. The second kappa shape index (κ2) is 8.15. The molecule has 0 bridgehead atoms. The second-order valence-electron chi connectivity index (χ2n) is 7.06. The van der Waals surface area contributed by atoms with Crippen LogP contribution in [0, 0.1) is 5.41 Å². The number of aliphatic imine (C=N–C) groups is 1. The molecule has 1 N–H and O–H groups in total. The number of rotatable bonds is 2. The molecule has 3 aliphatic rings. The fourth-order valence-electron chi connectivity index (χ4n) is 4.18. The molecule has 1 unspecified atom stereocenters. The van der Waals surface area contributed by atoms with Crippen LogP contribution in [0.15, 0.2) is 4.99 Å². The lowest BCUT2D eigenvalue weighted by atomic mass is 9.86. The van der Waals surface area contributed by atoms with E-state index in [4.69, 9.17) is 4.74 Å². The first kappa shape index (κ1) is 18.3. The Kier molecular flexibility index (Phi) is 6.76. The van der Waals surface area contributed by atoms with E-state index in [2.05, 4.69) is 27.2 Å². The summed E-state index contributed by atoms with van der Waals surface area (Å²) in [6, 6.07) is 0. The first-order chi connectivity index (χ1) is 10.2. The minimum atomic E-state index is 0. The maximum absolute atomic E-state index is 5.82. The first-order valence-corrected chi connectivity index (χ1v) is 8.47. The molecular formula is C16H31IN4O. The topological polar surface area (TPSA) is 40.1 Å². The third-order valence-electron chi connectivity index (χ3n) is 5.44. The van der Waals surface area contributed by atoms with Gasteiger partial charge in [-0.1, -0.05) is 12.8 Å². The summed E-state index contributed by atoms with van der Waals surface area (Å²) >= 11 is 0. The van der Waals surface area contributed by atoms with Gasteiger partial charge < -0.3 is 19.9 Å². The van der Waals surface area contributed by atoms with Gasteiger partial charge in [0.2, 0.25) is 0 Å². The molecule has 0 radical (unpaired) electrons. The summed E-state index contributed by atoms with van der Waals surface area (Å²) in [7, 11) is 4.06. The van der Waals surface area contributed by atoms with Crippen LogP contribution < -0.4 is 5.32 Å². The van der Waals surface area contributed by atoms with Crippen molar-refractivity contribution < 1.29 is 4.74 Å². The smallest absolute Gasteiger partial charge is 0.193 e. The second-order valence-corrected chi connectivity index (χ2v) is 7.06. The zero-order valence-corrected chi connectivity index (χ0v) is 16.3. The van der Waals surface area contributed by atoms with E-state index < -0.39 is 0 Å². The van der Waals surface area contributed by atoms with Crippen LogP contribution in [0.2, 0.25) is 0 Å². The molecule has 2 saturated heterocycles. The molecule has 3 rings (SSSR count). The monoisotopic (exact) mass is 422 g/mol. The Morgan fingerprint density at radius 1 is 1.27 bits per heavy atom. The predicted molar refractivity (Wildman–Crippen MR) is 101 cm³/mol. The van der Waals surface area contributed by atoms with Gasteiger partial charge in [-0.3, -0.25) is 4.99 Å². The number of likely N-dealkylation sites (tertiary alicyclic amines) is 1. The molecule has 0 aromatic carbocycles. The Morgan fingerprint density at radius 3 is 2.73 bits per heavy atom. The van der Waals surface area contributed by atoms with Crippen molar-refractivity contribution in [3.63, 3.8) is 0 Å². The summed E-state index contributed by atoms with van der Waals surface area (Å²) in [4.78, 5) is 9.28. The molecule has 1 aliphatic carbocycles. The van der Waals surface area contributed by atoms with Gasteiger partial charge in [0.25, 0.3) is 0 Å². The molecular weight excluding hydrogens is 391 g/mol. The average molecular weight is 422 g/mol. The van der Waals surface area contributed by atoms with E-state index in [1.54, 1.807) is 0 Å². The summed E-state index contributed by atoms with van der Waals surface area (Å²) in [5.41, 5.74) is 0.596. The Bertz CT molecular complexity index is 384. The van der Waals surface area contributed by atoms with Gasteiger partial charge in [0.15, 0.2) is 5.96 Å². The van der Waals surface area contributed by atoms with E-state index in [0.29, 0.717) is 5.41 Å². The number of morpholine rings is 1. The Hall–Kier alpha value is -0.0800. The minimum absolute atomic E-state index is 0. The molecule has 2 aliphatic heterocycles. The lowest BCUT2D eigenvalue weighted by Gasteiger charge is -2.31. The third kappa shape index (κ3) is 4.26. The molecule has 1 saturated carbocycles. The molecule has 0 amide bonds. The molecule has 3 fully saturated rings. The lowest BCUT2D eigenvalue weighted by molar-refractivity contribution is -0.0163. The summed E-state index contributed by atoms with van der Waals surface area (Å²) < 4.78 is 5.82. The van der Waals surface area contributed by atoms with Gasteiger partial charge in [-0.15, -0.1) is 24.0 Å². The molecule has 2 heterocycles. The van der Waals surface area contributed by atoms with Crippen LogP contribution in [0.4, 0.5) is 0 Å². The van der Waals surface area contributed by atoms with Crippen LogP contribution in [-0.4, -0.2) is 75.3 Å². The van der Waals surface area contributed by atoms with Gasteiger partial charge in [-0.25, -0.2) is 0 Å². The Balaban J connectivity index is 0.00000176. The van der Waals surface area contributed by atoms with Gasteiger partial charge in [-0.2, -0.15) is 0 Å². The van der Waals surface area contributed by atoms with Gasteiger partial charge in [0, 0.05) is 39.8 Å². The number of ether oxygens (including phenoxy) is 1. The van der Waals surface area contributed by atoms with Gasteiger partial charge in [0.05, 0.1) is 12.7 Å². The minimum Gasteiger partial charge on any atom is -0.374 e. The van der Waals surface area contributed by atoms with Crippen LogP contribution in [-0.2, 0) is 4.74 Å². The summed E-state index contributed by atoms with van der Waals surface area (Å²) in [5.74, 6) is 1.07. The number of nitrogens with zero attached hydrogens (tertiary/aromatic N) is 3. The Labute approximate surface area is 151 Å². The van der Waals surface area contributed by atoms with Crippen molar-refractivity contribution in [1.82, 2.24) is 15.1 Å². The number of likely N-dealkylation sites (N-methyl/N-ethyl adjacent to an activating group) is 1. The normalized spacial score (nSPS) is 28.9. The zero-order chi connectivity index (χ0) is 14.7. The number of halogens is 1. The van der Waals surface area contributed by atoms with Crippen LogP contribution in [0.5, 0.6) is 0 Å². The van der Waals surface area contributed by atoms with Crippen molar-refractivity contribution in [1.29, 1.82) is 0 Å². The van der Waals surface area contributed by atoms with Crippen molar-refractivity contribution in [3.05, 3.63) is 0 Å². The largest absolute Gasteiger partial charge is 0.374 e. The summed E-state index contributed by atoms with van der Waals surface area (Å²) in [6.45, 7) is 6.10. The Morgan fingerprint density at radius 2 is 2.05 bits per heavy atom. The van der Waals surface area contributed by atoms with E-state index in [-0.39, 0.29) is 30.1 Å².